The minimum absolute atomic E-state index is 0.353. The van der Waals surface area contributed by atoms with E-state index in [1.165, 1.54) is 28.8 Å². The third-order valence-electron chi connectivity index (χ3n) is 3.05. The number of nitrogen functional groups attached to an aromatic ring is 1. The maximum absolute atomic E-state index is 6.25. The van der Waals surface area contributed by atoms with E-state index in [2.05, 4.69) is 33.3 Å². The van der Waals surface area contributed by atoms with Gasteiger partial charge in [-0.2, -0.15) is 0 Å². The van der Waals surface area contributed by atoms with Crippen LogP contribution in [0.15, 0.2) is 22.7 Å². The molecule has 0 fully saturated rings. The fourth-order valence-corrected chi connectivity index (χ4v) is 4.35. The number of pyridine rings is 1. The van der Waals surface area contributed by atoms with Crippen LogP contribution >= 0.6 is 46.3 Å². The lowest BCUT2D eigenvalue weighted by Crippen LogP contribution is -1.97. The Morgan fingerprint density at radius 2 is 2.05 bits per heavy atom. The number of anilines is 1. The Morgan fingerprint density at radius 3 is 2.82 bits per heavy atom. The number of hydrogen-bond acceptors (Lipinski definition) is 6. The molecule has 0 saturated carbocycles. The fraction of sp³-hybridized carbons (Fsp3) is 0.214. The van der Waals surface area contributed by atoms with E-state index in [1.807, 2.05) is 0 Å². The second-order valence-electron chi connectivity index (χ2n) is 4.70. The normalized spacial score (nSPS) is 11.2. The van der Waals surface area contributed by atoms with E-state index in [1.54, 1.807) is 11.3 Å². The average molecular weight is 371 g/mol. The first-order valence-corrected chi connectivity index (χ1v) is 9.11. The van der Waals surface area contributed by atoms with Gasteiger partial charge < -0.3 is 5.73 Å². The SMILES string of the molecule is Cc1csc2c(Cl)nc(CCSc3nc(N)cc(Cl)n3)cc12. The molecule has 4 nitrogen and oxygen atoms in total. The van der Waals surface area contributed by atoms with Crippen LogP contribution in [0.3, 0.4) is 0 Å². The van der Waals surface area contributed by atoms with Crippen molar-refractivity contribution in [3.05, 3.63) is 39.1 Å². The number of thioether (sulfide) groups is 1. The van der Waals surface area contributed by atoms with E-state index >= 15 is 0 Å². The topological polar surface area (TPSA) is 64.7 Å². The number of halogens is 2. The molecule has 22 heavy (non-hydrogen) atoms. The van der Waals surface area contributed by atoms with Gasteiger partial charge in [-0.3, -0.25) is 0 Å². The molecule has 3 heterocycles. The number of nitrogens with two attached hydrogens (primary N) is 1. The van der Waals surface area contributed by atoms with Gasteiger partial charge >= 0.3 is 0 Å². The Balaban J connectivity index is 1.72. The van der Waals surface area contributed by atoms with E-state index in [0.717, 1.165) is 22.6 Å². The van der Waals surface area contributed by atoms with Crippen molar-refractivity contribution in [2.45, 2.75) is 18.5 Å². The molecule has 0 unspecified atom stereocenters. The average Bonchev–Trinajstić information content (AvgIpc) is 2.80. The number of rotatable bonds is 4. The summed E-state index contributed by atoms with van der Waals surface area (Å²) in [6, 6.07) is 3.63. The zero-order chi connectivity index (χ0) is 15.7. The van der Waals surface area contributed by atoms with E-state index < -0.39 is 0 Å². The number of aromatic nitrogens is 3. The molecule has 0 aliphatic heterocycles. The summed E-state index contributed by atoms with van der Waals surface area (Å²) in [6.45, 7) is 2.08. The van der Waals surface area contributed by atoms with Crippen LogP contribution in [-0.4, -0.2) is 20.7 Å². The molecular formula is C14H12Cl2N4S2. The summed E-state index contributed by atoms with van der Waals surface area (Å²) in [5.41, 5.74) is 7.84. The molecule has 8 heteroatoms. The van der Waals surface area contributed by atoms with Crippen molar-refractivity contribution in [1.29, 1.82) is 0 Å². The van der Waals surface area contributed by atoms with Crippen LogP contribution in [0.5, 0.6) is 0 Å². The largest absolute Gasteiger partial charge is 0.384 e. The van der Waals surface area contributed by atoms with Gasteiger partial charge in [0.2, 0.25) is 0 Å². The van der Waals surface area contributed by atoms with Crippen LogP contribution in [0.1, 0.15) is 11.3 Å². The highest BCUT2D eigenvalue weighted by Gasteiger charge is 2.09. The lowest BCUT2D eigenvalue weighted by Gasteiger charge is -2.04. The summed E-state index contributed by atoms with van der Waals surface area (Å²) >= 11 is 15.2. The summed E-state index contributed by atoms with van der Waals surface area (Å²) in [7, 11) is 0. The van der Waals surface area contributed by atoms with Crippen molar-refractivity contribution in [2.24, 2.45) is 0 Å². The molecule has 0 saturated heterocycles. The smallest absolute Gasteiger partial charge is 0.190 e. The van der Waals surface area contributed by atoms with Crippen LogP contribution in [0.2, 0.25) is 10.3 Å². The Morgan fingerprint density at radius 1 is 1.23 bits per heavy atom. The number of aryl methyl sites for hydroxylation is 2. The van der Waals surface area contributed by atoms with Crippen molar-refractivity contribution in [1.82, 2.24) is 15.0 Å². The van der Waals surface area contributed by atoms with Crippen LogP contribution in [0, 0.1) is 6.92 Å². The third-order valence-corrected chi connectivity index (χ3v) is 5.60. The minimum atomic E-state index is 0.353. The summed E-state index contributed by atoms with van der Waals surface area (Å²) in [4.78, 5) is 12.7. The first kappa shape index (κ1) is 15.8. The molecule has 3 rings (SSSR count). The monoisotopic (exact) mass is 370 g/mol. The highest BCUT2D eigenvalue weighted by molar-refractivity contribution is 7.99. The zero-order valence-electron chi connectivity index (χ0n) is 11.6. The predicted octanol–water partition coefficient (Wildman–Crippen LogP) is 4.62. The van der Waals surface area contributed by atoms with Crippen LogP contribution in [0.4, 0.5) is 5.82 Å². The first-order chi connectivity index (χ1) is 10.5. The van der Waals surface area contributed by atoms with Crippen LogP contribution < -0.4 is 5.73 Å². The standard InChI is InChI=1S/C14H12Cl2N4S2/c1-7-6-22-12-9(7)4-8(18-13(12)16)2-3-21-14-19-10(15)5-11(17)20-14/h4-6H,2-3H2,1H3,(H2,17,19,20). The molecule has 0 bridgehead atoms. The maximum Gasteiger partial charge on any atom is 0.190 e. The van der Waals surface area contributed by atoms with Crippen molar-refractivity contribution in [3.63, 3.8) is 0 Å². The predicted molar refractivity (Wildman–Crippen MR) is 95.2 cm³/mol. The molecule has 0 aliphatic rings. The molecule has 3 aromatic heterocycles. The molecule has 0 radical (unpaired) electrons. The number of hydrogen-bond donors (Lipinski definition) is 1. The van der Waals surface area contributed by atoms with E-state index in [0.29, 0.717) is 21.3 Å². The summed E-state index contributed by atoms with van der Waals surface area (Å²) in [6.07, 6.45) is 0.769. The molecule has 0 aliphatic carbocycles. The van der Waals surface area contributed by atoms with Gasteiger partial charge in [-0.25, -0.2) is 15.0 Å². The molecule has 2 N–H and O–H groups in total. The molecule has 114 valence electrons. The van der Waals surface area contributed by atoms with Gasteiger partial charge in [-0.15, -0.1) is 11.3 Å². The van der Waals surface area contributed by atoms with Gasteiger partial charge in [-0.05, 0) is 30.4 Å². The Labute approximate surface area is 146 Å². The lowest BCUT2D eigenvalue weighted by molar-refractivity contribution is 0.969. The fourth-order valence-electron chi connectivity index (χ4n) is 2.02. The second kappa shape index (κ2) is 6.58. The van der Waals surface area contributed by atoms with Crippen molar-refractivity contribution in [3.8, 4) is 0 Å². The molecular weight excluding hydrogens is 359 g/mol. The summed E-state index contributed by atoms with van der Waals surface area (Å²) < 4.78 is 1.04. The molecule has 0 spiro atoms. The van der Waals surface area contributed by atoms with Crippen LogP contribution in [-0.2, 0) is 6.42 Å². The van der Waals surface area contributed by atoms with E-state index in [4.69, 9.17) is 28.9 Å². The van der Waals surface area contributed by atoms with Gasteiger partial charge in [0.15, 0.2) is 5.16 Å². The van der Waals surface area contributed by atoms with Crippen molar-refractivity contribution >= 4 is 62.2 Å². The van der Waals surface area contributed by atoms with Gasteiger partial charge in [-0.1, -0.05) is 35.0 Å². The molecule has 0 atom stereocenters. The lowest BCUT2D eigenvalue weighted by atomic mass is 10.2. The van der Waals surface area contributed by atoms with E-state index in [-0.39, 0.29) is 0 Å². The molecule has 3 aromatic rings. The summed E-state index contributed by atoms with van der Waals surface area (Å²) in [5, 5.41) is 4.77. The number of nitrogens with zero attached hydrogens (tertiary/aromatic N) is 3. The van der Waals surface area contributed by atoms with Gasteiger partial charge in [0.05, 0.1) is 4.70 Å². The highest BCUT2D eigenvalue weighted by Crippen LogP contribution is 2.31. The molecule has 0 aromatic carbocycles. The van der Waals surface area contributed by atoms with Crippen molar-refractivity contribution in [2.75, 3.05) is 11.5 Å². The Kier molecular flexibility index (Phi) is 4.73. The van der Waals surface area contributed by atoms with Gasteiger partial charge in [0.25, 0.3) is 0 Å². The highest BCUT2D eigenvalue weighted by atomic mass is 35.5. The Hall–Kier alpha value is -1.08. The quantitative estimate of drug-likeness (QED) is 0.314. The molecule has 0 amide bonds. The second-order valence-corrected chi connectivity index (χ2v) is 7.38. The van der Waals surface area contributed by atoms with Gasteiger partial charge in [0, 0.05) is 22.9 Å². The first-order valence-electron chi connectivity index (χ1n) is 6.49. The minimum Gasteiger partial charge on any atom is -0.384 e. The van der Waals surface area contributed by atoms with Crippen LogP contribution in [0.25, 0.3) is 10.1 Å². The summed E-state index contributed by atoms with van der Waals surface area (Å²) in [5.74, 6) is 1.15. The maximum atomic E-state index is 6.25. The van der Waals surface area contributed by atoms with E-state index in [9.17, 15) is 0 Å². The van der Waals surface area contributed by atoms with Crippen molar-refractivity contribution < 1.29 is 0 Å². The number of fused-ring (bicyclic) bond motifs is 1. The Bertz CT molecular complexity index is 815. The zero-order valence-corrected chi connectivity index (χ0v) is 14.8. The van der Waals surface area contributed by atoms with Gasteiger partial charge in [0.1, 0.15) is 16.1 Å². The third kappa shape index (κ3) is 3.46. The number of thiophene rings is 1.